The van der Waals surface area contributed by atoms with Crippen molar-refractivity contribution in [2.24, 2.45) is 0 Å². The SMILES string of the molecule is Cc1ncnc2c1ncn2C[C@@H](C)OCP(=O)(OCOC(=O)OC(C)C)OCOC(=O)OC(C)C.O=C(O)/C=C/C(=O)O. The highest BCUT2D eigenvalue weighted by Crippen LogP contribution is 2.48. The van der Waals surface area contributed by atoms with Gasteiger partial charge in [0.1, 0.15) is 18.2 Å². The smallest absolute Gasteiger partial charge is 0.478 e. The van der Waals surface area contributed by atoms with Crippen molar-refractivity contribution in [2.45, 2.75) is 66.4 Å². The number of nitrogens with zero attached hydrogens (tertiary/aromatic N) is 4. The molecule has 0 saturated carbocycles. The minimum Gasteiger partial charge on any atom is -0.478 e. The highest BCUT2D eigenvalue weighted by molar-refractivity contribution is 7.53. The summed E-state index contributed by atoms with van der Waals surface area (Å²) in [7, 11) is -4.04. The summed E-state index contributed by atoms with van der Waals surface area (Å²) in [5.41, 5.74) is 2.02. The molecule has 0 saturated heterocycles. The van der Waals surface area contributed by atoms with Crippen LogP contribution >= 0.6 is 7.60 Å². The molecule has 0 aliphatic carbocycles. The van der Waals surface area contributed by atoms with E-state index in [4.69, 9.17) is 42.9 Å². The van der Waals surface area contributed by atoms with E-state index in [1.807, 2.05) is 6.92 Å². The summed E-state index contributed by atoms with van der Waals surface area (Å²) in [6.07, 6.45) is 0.287. The number of aryl methyl sites for hydroxylation is 1. The number of hydrogen-bond donors (Lipinski definition) is 2. The summed E-state index contributed by atoms with van der Waals surface area (Å²) < 4.78 is 49.9. The lowest BCUT2D eigenvalue weighted by molar-refractivity contribution is -0.134. The Morgan fingerprint density at radius 3 is 1.86 bits per heavy atom. The minimum absolute atomic E-state index is 0.321. The van der Waals surface area contributed by atoms with Crippen LogP contribution in [-0.4, -0.2) is 92.2 Å². The first-order chi connectivity index (χ1) is 20.1. The summed E-state index contributed by atoms with van der Waals surface area (Å²) in [6.45, 7) is 8.94. The van der Waals surface area contributed by atoms with Gasteiger partial charge in [0, 0.05) is 12.2 Å². The number of fused-ring (bicyclic) bond motifs is 1. The van der Waals surface area contributed by atoms with Gasteiger partial charge >= 0.3 is 31.8 Å². The van der Waals surface area contributed by atoms with E-state index < -0.39 is 70.1 Å². The number of rotatable bonds is 15. The molecule has 18 nitrogen and oxygen atoms in total. The van der Waals surface area contributed by atoms with Crippen molar-refractivity contribution in [1.82, 2.24) is 19.5 Å². The molecule has 0 radical (unpaired) electrons. The summed E-state index contributed by atoms with van der Waals surface area (Å²) in [5.74, 6) is -2.51. The third-order valence-corrected chi connectivity index (χ3v) is 5.90. The zero-order valence-corrected chi connectivity index (χ0v) is 25.3. The second-order valence-electron chi connectivity index (χ2n) is 8.87. The van der Waals surface area contributed by atoms with Crippen LogP contribution in [-0.2, 0) is 53.4 Å². The van der Waals surface area contributed by atoms with Gasteiger partial charge in [0.05, 0.1) is 36.9 Å². The van der Waals surface area contributed by atoms with Crippen LogP contribution in [0.5, 0.6) is 0 Å². The number of aliphatic carboxylic acids is 2. The van der Waals surface area contributed by atoms with E-state index in [0.717, 1.165) is 5.69 Å². The number of carboxylic acids is 2. The topological polar surface area (TPSA) is 234 Å². The normalized spacial score (nSPS) is 12.1. The summed E-state index contributed by atoms with van der Waals surface area (Å²) in [6, 6.07) is 0. The van der Waals surface area contributed by atoms with Crippen molar-refractivity contribution in [3.63, 3.8) is 0 Å². The first kappa shape index (κ1) is 36.9. The Morgan fingerprint density at radius 1 is 0.884 bits per heavy atom. The molecule has 2 rings (SSSR count). The van der Waals surface area contributed by atoms with Gasteiger partial charge in [-0.05, 0) is 41.5 Å². The lowest BCUT2D eigenvalue weighted by atomic mass is 10.4. The van der Waals surface area contributed by atoms with E-state index >= 15 is 0 Å². The third kappa shape index (κ3) is 15.6. The molecule has 0 aliphatic heterocycles. The molecule has 2 aromatic heterocycles. The maximum Gasteiger partial charge on any atom is 0.510 e. The van der Waals surface area contributed by atoms with E-state index in [9.17, 15) is 23.7 Å². The predicted molar refractivity (Wildman–Crippen MR) is 145 cm³/mol. The fraction of sp³-hybridized carbons (Fsp3) is 0.542. The maximum atomic E-state index is 13.1. The van der Waals surface area contributed by atoms with Crippen molar-refractivity contribution < 1.29 is 66.7 Å². The Labute approximate surface area is 246 Å². The van der Waals surface area contributed by atoms with Crippen LogP contribution < -0.4 is 0 Å². The highest BCUT2D eigenvalue weighted by atomic mass is 31.2. The van der Waals surface area contributed by atoms with E-state index in [0.29, 0.717) is 29.9 Å². The van der Waals surface area contributed by atoms with E-state index in [-0.39, 0.29) is 0 Å². The Bertz CT molecular complexity index is 1250. The number of hydrogen-bond acceptors (Lipinski definition) is 15. The monoisotopic (exact) mass is 634 g/mol. The van der Waals surface area contributed by atoms with Crippen molar-refractivity contribution >= 4 is 43.0 Å². The van der Waals surface area contributed by atoms with Crippen LogP contribution in [0.15, 0.2) is 24.8 Å². The molecule has 0 fully saturated rings. The van der Waals surface area contributed by atoms with E-state index in [1.54, 1.807) is 45.5 Å². The van der Waals surface area contributed by atoms with Gasteiger partial charge in [0.25, 0.3) is 0 Å². The predicted octanol–water partition coefficient (Wildman–Crippen LogP) is 3.47. The highest BCUT2D eigenvalue weighted by Gasteiger charge is 2.29. The summed E-state index contributed by atoms with van der Waals surface area (Å²) in [5, 5.41) is 15.6. The van der Waals surface area contributed by atoms with Crippen molar-refractivity contribution in [3.8, 4) is 0 Å². The lowest BCUT2D eigenvalue weighted by Gasteiger charge is -2.21. The standard InChI is InChI=1S/C20H31N4O10P.C4H4O4/c1-13(2)33-19(25)28-10-31-35(27,32-11-29-20(26)34-14(3)4)12-30-15(5)7-24-9-23-17-16(6)21-8-22-18(17)24;5-3(6)1-2-4(7)8/h8-9,13-15H,7,10-12H2,1-6H3;1-2H,(H,5,6)(H,7,8)/b;2-1+/t15-;/m1./s1. The van der Waals surface area contributed by atoms with E-state index in [1.165, 1.54) is 6.33 Å². The first-order valence-electron chi connectivity index (χ1n) is 12.5. The largest absolute Gasteiger partial charge is 0.510 e. The Hall–Kier alpha value is -4.12. The molecule has 2 aromatic rings. The van der Waals surface area contributed by atoms with Gasteiger partial charge < -0.3 is 38.5 Å². The van der Waals surface area contributed by atoms with Crippen molar-refractivity contribution in [1.29, 1.82) is 0 Å². The van der Waals surface area contributed by atoms with E-state index in [2.05, 4.69) is 15.0 Å². The van der Waals surface area contributed by atoms with Crippen LogP contribution in [0.3, 0.4) is 0 Å². The average Bonchev–Trinajstić information content (AvgIpc) is 3.30. The second-order valence-corrected chi connectivity index (χ2v) is 10.9. The molecule has 0 spiro atoms. The van der Waals surface area contributed by atoms with Crippen LogP contribution in [0, 0.1) is 6.92 Å². The first-order valence-corrected chi connectivity index (χ1v) is 14.3. The molecule has 0 aromatic carbocycles. The molecule has 0 amide bonds. The zero-order chi connectivity index (χ0) is 32.6. The van der Waals surface area contributed by atoms with Crippen LogP contribution in [0.2, 0.25) is 0 Å². The Kier molecular flexibility index (Phi) is 15.8. The van der Waals surface area contributed by atoms with Gasteiger partial charge in [0.2, 0.25) is 13.6 Å². The average molecular weight is 635 g/mol. The summed E-state index contributed by atoms with van der Waals surface area (Å²) in [4.78, 5) is 54.8. The van der Waals surface area contributed by atoms with Crippen molar-refractivity contribution in [3.05, 3.63) is 30.5 Å². The summed E-state index contributed by atoms with van der Waals surface area (Å²) >= 11 is 0. The van der Waals surface area contributed by atoms with Gasteiger partial charge in [0.15, 0.2) is 5.65 Å². The molecule has 0 bridgehead atoms. The van der Waals surface area contributed by atoms with Crippen molar-refractivity contribution in [2.75, 3.05) is 19.9 Å². The number of ether oxygens (including phenoxy) is 5. The Morgan fingerprint density at radius 2 is 1.40 bits per heavy atom. The van der Waals surface area contributed by atoms with Crippen LogP contribution in [0.1, 0.15) is 40.3 Å². The number of aromatic nitrogens is 4. The van der Waals surface area contributed by atoms with Gasteiger partial charge in [-0.2, -0.15) is 0 Å². The zero-order valence-electron chi connectivity index (χ0n) is 24.4. The lowest BCUT2D eigenvalue weighted by Crippen LogP contribution is -2.20. The molecule has 240 valence electrons. The maximum absolute atomic E-state index is 13.1. The number of carbonyl (C=O) groups excluding carboxylic acids is 2. The number of imidazole rings is 1. The minimum atomic E-state index is -4.04. The Balaban J connectivity index is 0.00000101. The molecular weight excluding hydrogens is 599 g/mol. The molecule has 1 atom stereocenters. The number of carbonyl (C=O) groups is 4. The molecule has 43 heavy (non-hydrogen) atoms. The van der Waals surface area contributed by atoms with Gasteiger partial charge in [-0.25, -0.2) is 34.1 Å². The third-order valence-electron chi connectivity index (χ3n) is 4.44. The molecule has 19 heteroatoms. The number of carboxylic acid groups (broad SMARTS) is 2. The fourth-order valence-electron chi connectivity index (χ4n) is 2.70. The van der Waals surface area contributed by atoms with Crippen LogP contribution in [0.25, 0.3) is 11.2 Å². The molecule has 0 unspecified atom stereocenters. The van der Waals surface area contributed by atoms with Gasteiger partial charge in [-0.3, -0.25) is 13.6 Å². The molecular formula is C24H35N4O14P. The molecule has 2 heterocycles. The molecule has 0 aliphatic rings. The van der Waals surface area contributed by atoms with Gasteiger partial charge in [-0.1, -0.05) is 0 Å². The van der Waals surface area contributed by atoms with Gasteiger partial charge in [-0.15, -0.1) is 0 Å². The van der Waals surface area contributed by atoms with Crippen LogP contribution in [0.4, 0.5) is 9.59 Å². The second kappa shape index (κ2) is 18.4. The molecule has 2 N–H and O–H groups in total. The fourth-order valence-corrected chi connectivity index (χ4v) is 3.78. The quantitative estimate of drug-likeness (QED) is 0.123.